The first-order chi connectivity index (χ1) is 14.0. The van der Waals surface area contributed by atoms with Crippen molar-refractivity contribution in [1.82, 2.24) is 20.1 Å². The molecule has 2 aromatic rings. The van der Waals surface area contributed by atoms with E-state index in [1.807, 2.05) is 13.0 Å². The maximum absolute atomic E-state index is 12.7. The summed E-state index contributed by atoms with van der Waals surface area (Å²) in [6, 6.07) is 10.4. The third-order valence-electron chi connectivity index (χ3n) is 4.69. The monoisotopic (exact) mass is 425 g/mol. The van der Waals surface area contributed by atoms with Gasteiger partial charge in [0.1, 0.15) is 0 Å². The lowest BCUT2D eigenvalue weighted by molar-refractivity contribution is -0.140. The minimum atomic E-state index is -4.38. The van der Waals surface area contributed by atoms with Gasteiger partial charge < -0.3 is 10.2 Å². The van der Waals surface area contributed by atoms with Crippen LogP contribution in [0.2, 0.25) is 0 Å². The molecule has 1 N–H and O–H groups in total. The lowest BCUT2D eigenvalue weighted by Gasteiger charge is -2.36. The molecule has 2 heterocycles. The van der Waals surface area contributed by atoms with Crippen LogP contribution in [0.4, 0.5) is 13.2 Å². The molecule has 0 atom stereocenters. The van der Waals surface area contributed by atoms with E-state index in [0.29, 0.717) is 18.0 Å². The summed E-state index contributed by atoms with van der Waals surface area (Å²) in [6.07, 6.45) is -3.98. The van der Waals surface area contributed by atoms with Crippen LogP contribution in [0, 0.1) is 0 Å². The van der Waals surface area contributed by atoms with Crippen LogP contribution >= 0.6 is 11.3 Å². The fraction of sp³-hybridized carbons (Fsp3) is 0.500. The van der Waals surface area contributed by atoms with Crippen LogP contribution < -0.4 is 5.32 Å². The summed E-state index contributed by atoms with van der Waals surface area (Å²) >= 11 is 1.04. The zero-order valence-electron chi connectivity index (χ0n) is 16.5. The lowest BCUT2D eigenvalue weighted by Crippen LogP contribution is -2.52. The van der Waals surface area contributed by atoms with Gasteiger partial charge in [-0.05, 0) is 12.5 Å². The van der Waals surface area contributed by atoms with Gasteiger partial charge in [-0.2, -0.15) is 13.2 Å². The second-order valence-electron chi connectivity index (χ2n) is 6.86. The molecule has 1 fully saturated rings. The van der Waals surface area contributed by atoms with E-state index in [1.165, 1.54) is 5.56 Å². The van der Waals surface area contributed by atoms with Crippen LogP contribution in [-0.4, -0.2) is 60.0 Å². The topological polar surface area (TPSA) is 43.8 Å². The van der Waals surface area contributed by atoms with Gasteiger partial charge in [0.05, 0.1) is 5.01 Å². The van der Waals surface area contributed by atoms with Crippen molar-refractivity contribution >= 4 is 17.3 Å². The highest BCUT2D eigenvalue weighted by molar-refractivity contribution is 7.09. The Morgan fingerprint density at radius 2 is 1.90 bits per heavy atom. The van der Waals surface area contributed by atoms with Crippen LogP contribution in [0.3, 0.4) is 0 Å². The minimum Gasteiger partial charge on any atom is -0.357 e. The van der Waals surface area contributed by atoms with Gasteiger partial charge in [0.2, 0.25) is 0 Å². The molecule has 158 valence electrons. The smallest absolute Gasteiger partial charge is 0.357 e. The van der Waals surface area contributed by atoms with Gasteiger partial charge in [0.25, 0.3) is 0 Å². The first-order valence-electron chi connectivity index (χ1n) is 9.77. The predicted octanol–water partition coefficient (Wildman–Crippen LogP) is 3.49. The van der Waals surface area contributed by atoms with Gasteiger partial charge in [-0.25, -0.2) is 4.98 Å². The summed E-state index contributed by atoms with van der Waals surface area (Å²) in [5, 5.41) is 4.82. The molecular formula is C20H26F3N5S. The Kier molecular flexibility index (Phi) is 7.49. The van der Waals surface area contributed by atoms with E-state index in [0.717, 1.165) is 61.9 Å². The quantitative estimate of drug-likeness (QED) is 0.569. The number of rotatable bonds is 6. The molecule has 0 unspecified atom stereocenters. The Balaban J connectivity index is 1.51. The number of aliphatic imine (C=N–C) groups is 1. The number of hydrogen-bond acceptors (Lipinski definition) is 4. The fourth-order valence-electron chi connectivity index (χ4n) is 3.20. The molecule has 1 aliphatic rings. The third-order valence-corrected chi connectivity index (χ3v) is 5.59. The van der Waals surface area contributed by atoms with Gasteiger partial charge >= 0.3 is 6.18 Å². The summed E-state index contributed by atoms with van der Waals surface area (Å²) in [7, 11) is 0. The second kappa shape index (κ2) is 10.1. The lowest BCUT2D eigenvalue weighted by atomic mass is 10.2. The Morgan fingerprint density at radius 1 is 1.17 bits per heavy atom. The molecule has 0 bridgehead atoms. The standard InChI is InChI=1S/C20H26F3N5S/c1-2-24-19(25-9-8-18-26-17(15-29-18)20(21,22)23)28-12-10-27(11-13-28)14-16-6-4-3-5-7-16/h3-7,15H,2,8-14H2,1H3,(H,24,25). The van der Waals surface area contributed by atoms with Crippen molar-refractivity contribution in [2.24, 2.45) is 4.99 Å². The first kappa shape index (κ1) is 21.6. The van der Waals surface area contributed by atoms with Gasteiger partial charge in [0.15, 0.2) is 11.7 Å². The molecule has 0 saturated carbocycles. The van der Waals surface area contributed by atoms with Crippen molar-refractivity contribution < 1.29 is 13.2 Å². The van der Waals surface area contributed by atoms with Crippen molar-refractivity contribution in [3.63, 3.8) is 0 Å². The predicted molar refractivity (Wildman–Crippen MR) is 110 cm³/mol. The molecule has 0 spiro atoms. The Bertz CT molecular complexity index is 783. The molecule has 5 nitrogen and oxygen atoms in total. The van der Waals surface area contributed by atoms with Crippen LogP contribution in [-0.2, 0) is 19.1 Å². The molecule has 1 aromatic heterocycles. The maximum Gasteiger partial charge on any atom is 0.434 e. The number of thiazole rings is 1. The molecule has 3 rings (SSSR count). The van der Waals surface area contributed by atoms with Gasteiger partial charge in [-0.15, -0.1) is 11.3 Å². The number of guanidine groups is 1. The van der Waals surface area contributed by atoms with E-state index >= 15 is 0 Å². The molecule has 9 heteroatoms. The Morgan fingerprint density at radius 3 is 2.52 bits per heavy atom. The van der Waals surface area contributed by atoms with Crippen LogP contribution in [0.5, 0.6) is 0 Å². The van der Waals surface area contributed by atoms with Crippen LogP contribution in [0.25, 0.3) is 0 Å². The maximum atomic E-state index is 12.7. The highest BCUT2D eigenvalue weighted by atomic mass is 32.1. The first-order valence-corrected chi connectivity index (χ1v) is 10.6. The number of aromatic nitrogens is 1. The number of hydrogen-bond donors (Lipinski definition) is 1. The SMILES string of the molecule is CCNC(=NCCc1nc(C(F)(F)F)cs1)N1CCN(Cc2ccccc2)CC1. The summed E-state index contributed by atoms with van der Waals surface area (Å²) < 4.78 is 38.0. The van der Waals surface area contributed by atoms with Gasteiger partial charge in [-0.1, -0.05) is 30.3 Å². The number of nitrogens with one attached hydrogen (secondary N) is 1. The molecule has 1 aromatic carbocycles. The summed E-state index contributed by atoms with van der Waals surface area (Å²) in [6.45, 7) is 7.74. The fourth-order valence-corrected chi connectivity index (χ4v) is 3.99. The number of piperazine rings is 1. The van der Waals surface area contributed by atoms with E-state index in [1.54, 1.807) is 0 Å². The van der Waals surface area contributed by atoms with Gasteiger partial charge in [-0.3, -0.25) is 9.89 Å². The third kappa shape index (κ3) is 6.43. The highest BCUT2D eigenvalue weighted by Gasteiger charge is 2.33. The number of nitrogens with zero attached hydrogens (tertiary/aromatic N) is 4. The van der Waals surface area contributed by atoms with Crippen molar-refractivity contribution in [1.29, 1.82) is 0 Å². The summed E-state index contributed by atoms with van der Waals surface area (Å²) in [5.41, 5.74) is 0.492. The van der Waals surface area contributed by atoms with E-state index < -0.39 is 11.9 Å². The average molecular weight is 426 g/mol. The molecule has 0 amide bonds. The number of halogens is 3. The van der Waals surface area contributed by atoms with E-state index in [2.05, 4.69) is 49.4 Å². The van der Waals surface area contributed by atoms with Gasteiger partial charge in [0, 0.05) is 57.6 Å². The van der Waals surface area contributed by atoms with E-state index in [9.17, 15) is 13.2 Å². The molecule has 1 aliphatic heterocycles. The average Bonchev–Trinajstić information content (AvgIpc) is 3.18. The minimum absolute atomic E-state index is 0.406. The molecular weight excluding hydrogens is 399 g/mol. The molecule has 1 saturated heterocycles. The van der Waals surface area contributed by atoms with Crippen LogP contribution in [0.15, 0.2) is 40.7 Å². The van der Waals surface area contributed by atoms with Crippen LogP contribution in [0.1, 0.15) is 23.2 Å². The van der Waals surface area contributed by atoms with Crippen molar-refractivity contribution in [2.45, 2.75) is 26.1 Å². The Labute approximate surface area is 173 Å². The molecule has 29 heavy (non-hydrogen) atoms. The normalized spacial score (nSPS) is 16.3. The van der Waals surface area contributed by atoms with E-state index in [-0.39, 0.29) is 0 Å². The summed E-state index contributed by atoms with van der Waals surface area (Å²) in [4.78, 5) is 12.9. The largest absolute Gasteiger partial charge is 0.434 e. The van der Waals surface area contributed by atoms with E-state index in [4.69, 9.17) is 0 Å². The summed E-state index contributed by atoms with van der Waals surface area (Å²) in [5.74, 6) is 0.819. The zero-order chi connectivity index (χ0) is 20.7. The number of benzene rings is 1. The zero-order valence-corrected chi connectivity index (χ0v) is 17.3. The second-order valence-corrected chi connectivity index (χ2v) is 7.80. The Hall–Kier alpha value is -2.13. The number of alkyl halides is 3. The van der Waals surface area contributed by atoms with Crippen molar-refractivity contribution in [3.05, 3.63) is 52.0 Å². The van der Waals surface area contributed by atoms with Crippen molar-refractivity contribution in [2.75, 3.05) is 39.3 Å². The van der Waals surface area contributed by atoms with Crippen molar-refractivity contribution in [3.8, 4) is 0 Å². The molecule has 0 aliphatic carbocycles. The molecule has 0 radical (unpaired) electrons. The highest BCUT2D eigenvalue weighted by Crippen LogP contribution is 2.30.